The number of benzene rings is 1. The SMILES string of the molecule is [C-]#[N+]CCCN1CCN(c2ccc(C)c(C)c2)CC1. The van der Waals surface area contributed by atoms with Gasteiger partial charge in [0.05, 0.1) is 0 Å². The van der Waals surface area contributed by atoms with Crippen LogP contribution in [0.15, 0.2) is 18.2 Å². The van der Waals surface area contributed by atoms with E-state index in [9.17, 15) is 0 Å². The topological polar surface area (TPSA) is 10.8 Å². The van der Waals surface area contributed by atoms with Crippen LogP contribution in [0.4, 0.5) is 5.69 Å². The van der Waals surface area contributed by atoms with Crippen LogP contribution >= 0.6 is 0 Å². The number of aryl methyl sites for hydroxylation is 2. The van der Waals surface area contributed by atoms with Crippen LogP contribution in [0.2, 0.25) is 0 Å². The molecule has 1 heterocycles. The first-order valence-corrected chi connectivity index (χ1v) is 7.08. The van der Waals surface area contributed by atoms with Gasteiger partial charge in [-0.2, -0.15) is 0 Å². The molecule has 3 nitrogen and oxygen atoms in total. The van der Waals surface area contributed by atoms with Crippen molar-refractivity contribution in [3.8, 4) is 0 Å². The lowest BCUT2D eigenvalue weighted by Gasteiger charge is -2.36. The molecule has 0 atom stereocenters. The summed E-state index contributed by atoms with van der Waals surface area (Å²) in [5.41, 5.74) is 4.09. The molecule has 3 heteroatoms. The van der Waals surface area contributed by atoms with Crippen LogP contribution in [-0.4, -0.2) is 44.2 Å². The van der Waals surface area contributed by atoms with E-state index in [2.05, 4.69) is 46.7 Å². The van der Waals surface area contributed by atoms with Crippen LogP contribution in [0.3, 0.4) is 0 Å². The van der Waals surface area contributed by atoms with Gasteiger partial charge in [0.25, 0.3) is 0 Å². The largest absolute Gasteiger partial charge is 0.369 e. The van der Waals surface area contributed by atoms with Gasteiger partial charge >= 0.3 is 0 Å². The molecule has 0 saturated carbocycles. The molecule has 0 aliphatic carbocycles. The number of hydrogen-bond donors (Lipinski definition) is 0. The highest BCUT2D eigenvalue weighted by atomic mass is 15.3. The van der Waals surface area contributed by atoms with Crippen molar-refractivity contribution in [3.63, 3.8) is 0 Å². The lowest BCUT2D eigenvalue weighted by Crippen LogP contribution is -2.46. The molecule has 1 aromatic rings. The van der Waals surface area contributed by atoms with E-state index in [1.54, 1.807) is 0 Å². The highest BCUT2D eigenvalue weighted by Crippen LogP contribution is 2.20. The van der Waals surface area contributed by atoms with Crippen molar-refractivity contribution < 1.29 is 0 Å². The van der Waals surface area contributed by atoms with Gasteiger partial charge in [0.2, 0.25) is 6.54 Å². The van der Waals surface area contributed by atoms with Gasteiger partial charge in [-0.1, -0.05) is 6.07 Å². The quantitative estimate of drug-likeness (QED) is 0.607. The maximum atomic E-state index is 6.80. The van der Waals surface area contributed by atoms with E-state index < -0.39 is 0 Å². The minimum atomic E-state index is 0.664. The maximum Gasteiger partial charge on any atom is 0.215 e. The van der Waals surface area contributed by atoms with Crippen LogP contribution in [0.25, 0.3) is 4.85 Å². The van der Waals surface area contributed by atoms with Crippen molar-refractivity contribution in [1.29, 1.82) is 0 Å². The number of piperazine rings is 1. The maximum absolute atomic E-state index is 6.80. The van der Waals surface area contributed by atoms with E-state index in [0.717, 1.165) is 39.1 Å². The number of rotatable bonds is 4. The van der Waals surface area contributed by atoms with Gasteiger partial charge in [-0.05, 0) is 37.1 Å². The Morgan fingerprint density at radius 1 is 1.11 bits per heavy atom. The van der Waals surface area contributed by atoms with E-state index in [0.29, 0.717) is 6.54 Å². The lowest BCUT2D eigenvalue weighted by atomic mass is 10.1. The first-order chi connectivity index (χ1) is 9.20. The fourth-order valence-electron chi connectivity index (χ4n) is 2.53. The molecular formula is C16H23N3. The highest BCUT2D eigenvalue weighted by molar-refractivity contribution is 5.51. The molecule has 1 fully saturated rings. The van der Waals surface area contributed by atoms with Gasteiger partial charge in [-0.15, -0.1) is 0 Å². The smallest absolute Gasteiger partial charge is 0.215 e. The lowest BCUT2D eigenvalue weighted by molar-refractivity contribution is 0.258. The normalized spacial score (nSPS) is 16.4. The molecule has 0 bridgehead atoms. The average Bonchev–Trinajstić information content (AvgIpc) is 2.43. The molecule has 1 saturated heterocycles. The Bertz CT molecular complexity index is 454. The summed E-state index contributed by atoms with van der Waals surface area (Å²) in [6.07, 6.45) is 1.01. The van der Waals surface area contributed by atoms with Crippen LogP contribution in [-0.2, 0) is 0 Å². The molecule has 2 rings (SSSR count). The Morgan fingerprint density at radius 3 is 2.47 bits per heavy atom. The third kappa shape index (κ3) is 3.71. The van der Waals surface area contributed by atoms with Gasteiger partial charge < -0.3 is 9.74 Å². The molecule has 0 spiro atoms. The Balaban J connectivity index is 1.86. The standard InChI is InChI=1S/C16H23N3/c1-14-5-6-16(13-15(14)2)19-11-9-18(10-12-19)8-4-7-17-3/h5-6,13H,4,7-12H2,1-2H3. The van der Waals surface area contributed by atoms with Crippen LogP contribution < -0.4 is 4.90 Å². The van der Waals surface area contributed by atoms with Gasteiger partial charge in [0, 0.05) is 44.8 Å². The van der Waals surface area contributed by atoms with Crippen molar-refractivity contribution in [2.75, 3.05) is 44.2 Å². The summed E-state index contributed by atoms with van der Waals surface area (Å²) in [4.78, 5) is 8.36. The second-order valence-corrected chi connectivity index (χ2v) is 5.33. The fraction of sp³-hybridized carbons (Fsp3) is 0.562. The zero-order valence-corrected chi connectivity index (χ0v) is 12.0. The number of hydrogen-bond acceptors (Lipinski definition) is 2. The van der Waals surface area contributed by atoms with Crippen LogP contribution in [0.1, 0.15) is 17.5 Å². The minimum absolute atomic E-state index is 0.664. The fourth-order valence-corrected chi connectivity index (χ4v) is 2.53. The average molecular weight is 257 g/mol. The first kappa shape index (κ1) is 13.9. The van der Waals surface area contributed by atoms with E-state index in [1.165, 1.54) is 16.8 Å². The molecule has 0 N–H and O–H groups in total. The van der Waals surface area contributed by atoms with E-state index in [4.69, 9.17) is 6.57 Å². The first-order valence-electron chi connectivity index (χ1n) is 7.08. The summed E-state index contributed by atoms with van der Waals surface area (Å²) >= 11 is 0. The highest BCUT2D eigenvalue weighted by Gasteiger charge is 2.17. The number of nitrogens with zero attached hydrogens (tertiary/aromatic N) is 3. The van der Waals surface area contributed by atoms with Crippen LogP contribution in [0.5, 0.6) is 0 Å². The van der Waals surface area contributed by atoms with E-state index in [1.807, 2.05) is 0 Å². The van der Waals surface area contributed by atoms with E-state index >= 15 is 0 Å². The van der Waals surface area contributed by atoms with Crippen molar-refractivity contribution in [1.82, 2.24) is 4.90 Å². The zero-order valence-electron chi connectivity index (χ0n) is 12.0. The molecule has 0 amide bonds. The summed E-state index contributed by atoms with van der Waals surface area (Å²) in [5.74, 6) is 0. The molecule has 1 aliphatic rings. The molecular weight excluding hydrogens is 234 g/mol. The summed E-state index contributed by atoms with van der Waals surface area (Å²) in [6, 6.07) is 6.74. The summed E-state index contributed by atoms with van der Waals surface area (Å²) in [7, 11) is 0. The van der Waals surface area contributed by atoms with Gasteiger partial charge in [0.15, 0.2) is 0 Å². The Labute approximate surface area is 116 Å². The Hall–Kier alpha value is -1.53. The van der Waals surface area contributed by atoms with Gasteiger partial charge in [-0.25, -0.2) is 6.57 Å². The molecule has 1 aliphatic heterocycles. The molecule has 0 unspecified atom stereocenters. The van der Waals surface area contributed by atoms with Gasteiger partial charge in [0.1, 0.15) is 0 Å². The summed E-state index contributed by atoms with van der Waals surface area (Å²) < 4.78 is 0. The second kappa shape index (κ2) is 6.58. The minimum Gasteiger partial charge on any atom is -0.369 e. The predicted molar refractivity (Wildman–Crippen MR) is 80.7 cm³/mol. The third-order valence-corrected chi connectivity index (χ3v) is 3.97. The summed E-state index contributed by atoms with van der Waals surface area (Å²) in [5, 5.41) is 0. The number of anilines is 1. The monoisotopic (exact) mass is 257 g/mol. The zero-order chi connectivity index (χ0) is 13.7. The Morgan fingerprint density at radius 2 is 1.84 bits per heavy atom. The molecule has 19 heavy (non-hydrogen) atoms. The predicted octanol–water partition coefficient (Wildman–Crippen LogP) is 2.73. The third-order valence-electron chi connectivity index (χ3n) is 3.97. The molecule has 0 radical (unpaired) electrons. The van der Waals surface area contributed by atoms with Crippen molar-refractivity contribution in [3.05, 3.63) is 40.7 Å². The molecule has 102 valence electrons. The Kier molecular flexibility index (Phi) is 4.81. The van der Waals surface area contributed by atoms with Crippen LogP contribution in [0, 0.1) is 20.4 Å². The summed E-state index contributed by atoms with van der Waals surface area (Å²) in [6.45, 7) is 17.3. The van der Waals surface area contributed by atoms with E-state index in [-0.39, 0.29) is 0 Å². The van der Waals surface area contributed by atoms with Crippen molar-refractivity contribution in [2.45, 2.75) is 20.3 Å². The second-order valence-electron chi connectivity index (χ2n) is 5.33. The molecule has 0 aromatic heterocycles. The van der Waals surface area contributed by atoms with Crippen molar-refractivity contribution in [2.24, 2.45) is 0 Å². The molecule has 1 aromatic carbocycles. The van der Waals surface area contributed by atoms with Gasteiger partial charge in [-0.3, -0.25) is 4.90 Å². The van der Waals surface area contributed by atoms with Crippen molar-refractivity contribution >= 4 is 5.69 Å².